The molecule has 1 aliphatic rings. The van der Waals surface area contributed by atoms with E-state index in [1.807, 2.05) is 32.0 Å². The molecule has 2 aromatic heterocycles. The average molecular weight is 571 g/mol. The van der Waals surface area contributed by atoms with Crippen LogP contribution in [0.25, 0.3) is 11.3 Å². The third-order valence-corrected chi connectivity index (χ3v) is 7.84. The van der Waals surface area contributed by atoms with Gasteiger partial charge in [-0.1, -0.05) is 29.8 Å². The van der Waals surface area contributed by atoms with Crippen LogP contribution in [0.4, 0.5) is 10.3 Å². The number of rotatable bonds is 7. The van der Waals surface area contributed by atoms with Crippen molar-refractivity contribution in [3.05, 3.63) is 82.4 Å². The summed E-state index contributed by atoms with van der Waals surface area (Å²) in [4.78, 5) is 23.0. The maximum absolute atomic E-state index is 13.4. The highest BCUT2D eigenvalue weighted by molar-refractivity contribution is 7.92. The molecule has 13 heteroatoms. The van der Waals surface area contributed by atoms with Crippen LogP contribution in [0.15, 0.2) is 59.8 Å². The number of halogens is 2. The molecule has 202 valence electrons. The number of hydrogen-bond acceptors (Lipinski definition) is 7. The summed E-state index contributed by atoms with van der Waals surface area (Å²) in [5.74, 6) is -0.897. The number of nitrogens with zero attached hydrogens (tertiary/aromatic N) is 5. The van der Waals surface area contributed by atoms with Gasteiger partial charge in [-0.2, -0.15) is 10.1 Å². The minimum Gasteiger partial charge on any atom is -0.470 e. The number of carbonyl (C=O) groups is 1. The molecule has 3 heterocycles. The summed E-state index contributed by atoms with van der Waals surface area (Å²) < 4.78 is 49.1. The number of aryl methyl sites for hydroxylation is 3. The van der Waals surface area contributed by atoms with Gasteiger partial charge in [0.2, 0.25) is 11.8 Å². The van der Waals surface area contributed by atoms with Crippen molar-refractivity contribution in [2.75, 3.05) is 17.8 Å². The maximum Gasteiger partial charge on any atom is 0.267 e. The largest absolute Gasteiger partial charge is 0.470 e. The van der Waals surface area contributed by atoms with Crippen LogP contribution >= 0.6 is 11.6 Å². The van der Waals surface area contributed by atoms with E-state index in [-0.39, 0.29) is 46.3 Å². The van der Waals surface area contributed by atoms with Crippen LogP contribution in [-0.4, -0.2) is 58.2 Å². The molecule has 1 fully saturated rings. The first-order chi connectivity index (χ1) is 18.5. The van der Waals surface area contributed by atoms with E-state index in [4.69, 9.17) is 16.3 Å². The lowest BCUT2D eigenvalue weighted by Crippen LogP contribution is -2.56. The molecular formula is C26H24ClFN6O4S. The van der Waals surface area contributed by atoms with Crippen molar-refractivity contribution in [3.63, 3.8) is 0 Å². The molecule has 1 saturated heterocycles. The second-order valence-corrected chi connectivity index (χ2v) is 11.3. The molecule has 0 atom stereocenters. The van der Waals surface area contributed by atoms with E-state index in [0.717, 1.165) is 22.8 Å². The molecular weight excluding hydrogens is 547 g/mol. The number of carbonyl (C=O) groups excluding carboxylic acids is 1. The number of anilines is 1. The number of likely N-dealkylation sites (tertiary alicyclic amines) is 1. The van der Waals surface area contributed by atoms with Gasteiger partial charge in [0.05, 0.1) is 35.6 Å². The van der Waals surface area contributed by atoms with Gasteiger partial charge in [-0.15, -0.1) is 0 Å². The Morgan fingerprint density at radius 3 is 2.49 bits per heavy atom. The SMILES string of the molecule is Cc1cccc(C)c1-c1cc(OC2CN(C(=O)c3ccc(F)cc3Cl)C2)nc(NS(=O)(=O)c2cnn(C)c2)n1. The summed E-state index contributed by atoms with van der Waals surface area (Å²) >= 11 is 6.04. The van der Waals surface area contributed by atoms with Crippen molar-refractivity contribution >= 4 is 33.5 Å². The first kappa shape index (κ1) is 26.6. The van der Waals surface area contributed by atoms with Crippen LogP contribution < -0.4 is 9.46 Å². The Balaban J connectivity index is 1.40. The van der Waals surface area contributed by atoms with Gasteiger partial charge < -0.3 is 9.64 Å². The van der Waals surface area contributed by atoms with Gasteiger partial charge in [0.15, 0.2) is 0 Å². The minimum atomic E-state index is -4.01. The van der Waals surface area contributed by atoms with Gasteiger partial charge in [-0.3, -0.25) is 9.48 Å². The Hall–Kier alpha value is -4.03. The summed E-state index contributed by atoms with van der Waals surface area (Å²) in [6.07, 6.45) is 2.18. The van der Waals surface area contributed by atoms with Crippen LogP contribution in [0.5, 0.6) is 5.88 Å². The lowest BCUT2D eigenvalue weighted by atomic mass is 10.00. The molecule has 0 unspecified atom stereocenters. The molecule has 0 aliphatic carbocycles. The number of benzene rings is 2. The van der Waals surface area contributed by atoms with Crippen molar-refractivity contribution in [3.8, 4) is 17.1 Å². The highest BCUT2D eigenvalue weighted by Crippen LogP contribution is 2.30. The highest BCUT2D eigenvalue weighted by atomic mass is 35.5. The van der Waals surface area contributed by atoms with Crippen molar-refractivity contribution in [2.24, 2.45) is 7.05 Å². The first-order valence-electron chi connectivity index (χ1n) is 11.9. The molecule has 0 saturated carbocycles. The Labute approximate surface area is 229 Å². The third kappa shape index (κ3) is 5.57. The zero-order chi connectivity index (χ0) is 27.9. The zero-order valence-corrected chi connectivity index (χ0v) is 22.8. The Morgan fingerprint density at radius 1 is 1.13 bits per heavy atom. The quantitative estimate of drug-likeness (QED) is 0.357. The van der Waals surface area contributed by atoms with Crippen LogP contribution in [0.2, 0.25) is 5.02 Å². The molecule has 0 spiro atoms. The van der Waals surface area contributed by atoms with Gasteiger partial charge >= 0.3 is 0 Å². The minimum absolute atomic E-state index is 0.0314. The van der Waals surface area contributed by atoms with Crippen molar-refractivity contribution < 1.29 is 22.3 Å². The summed E-state index contributed by atoms with van der Waals surface area (Å²) in [6, 6.07) is 11.0. The number of nitrogens with one attached hydrogen (secondary N) is 1. The topological polar surface area (TPSA) is 119 Å². The highest BCUT2D eigenvalue weighted by Gasteiger charge is 2.34. The lowest BCUT2D eigenvalue weighted by molar-refractivity contribution is 0.0160. The van der Waals surface area contributed by atoms with Gasteiger partial charge in [0.25, 0.3) is 15.9 Å². The van der Waals surface area contributed by atoms with E-state index in [1.54, 1.807) is 13.1 Å². The van der Waals surface area contributed by atoms with Crippen LogP contribution in [0, 0.1) is 19.7 Å². The van der Waals surface area contributed by atoms with E-state index in [0.29, 0.717) is 5.69 Å². The van der Waals surface area contributed by atoms with E-state index < -0.39 is 21.9 Å². The van der Waals surface area contributed by atoms with Crippen LogP contribution in [0.1, 0.15) is 21.5 Å². The molecule has 4 aromatic rings. The number of hydrogen-bond donors (Lipinski definition) is 1. The van der Waals surface area contributed by atoms with Crippen molar-refractivity contribution in [2.45, 2.75) is 24.8 Å². The number of aromatic nitrogens is 4. The predicted octanol–water partition coefficient (Wildman–Crippen LogP) is 3.99. The average Bonchev–Trinajstić information content (AvgIpc) is 3.28. The third-order valence-electron chi connectivity index (χ3n) is 6.24. The van der Waals surface area contributed by atoms with Crippen molar-refractivity contribution in [1.29, 1.82) is 0 Å². The van der Waals surface area contributed by atoms with E-state index in [2.05, 4.69) is 19.8 Å². The number of sulfonamides is 1. The number of amides is 1. The fraction of sp³-hybridized carbons (Fsp3) is 0.231. The fourth-order valence-corrected chi connectivity index (χ4v) is 5.45. The van der Waals surface area contributed by atoms with Gasteiger partial charge in [-0.25, -0.2) is 22.5 Å². The summed E-state index contributed by atoms with van der Waals surface area (Å²) in [5, 5.41) is 3.95. The Kier molecular flexibility index (Phi) is 7.00. The van der Waals surface area contributed by atoms with E-state index in [9.17, 15) is 17.6 Å². The summed E-state index contributed by atoms with van der Waals surface area (Å²) in [7, 11) is -2.40. The van der Waals surface area contributed by atoms with Gasteiger partial charge in [0.1, 0.15) is 16.8 Å². The van der Waals surface area contributed by atoms with Crippen LogP contribution in [-0.2, 0) is 17.1 Å². The molecule has 5 rings (SSSR count). The summed E-state index contributed by atoms with van der Waals surface area (Å²) in [6.45, 7) is 4.35. The fourth-order valence-electron chi connectivity index (χ4n) is 4.28. The monoisotopic (exact) mass is 570 g/mol. The second-order valence-electron chi connectivity index (χ2n) is 9.21. The Bertz CT molecular complexity index is 1670. The van der Waals surface area contributed by atoms with Gasteiger partial charge in [0, 0.05) is 24.9 Å². The normalized spacial score (nSPS) is 13.7. The molecule has 2 aromatic carbocycles. The predicted molar refractivity (Wildman–Crippen MR) is 143 cm³/mol. The molecule has 39 heavy (non-hydrogen) atoms. The van der Waals surface area contributed by atoms with Gasteiger partial charge in [-0.05, 0) is 43.2 Å². The van der Waals surface area contributed by atoms with Crippen LogP contribution in [0.3, 0.4) is 0 Å². The summed E-state index contributed by atoms with van der Waals surface area (Å²) in [5.41, 5.74) is 3.38. The molecule has 0 bridgehead atoms. The van der Waals surface area contributed by atoms with Crippen molar-refractivity contribution in [1.82, 2.24) is 24.6 Å². The smallest absolute Gasteiger partial charge is 0.267 e. The maximum atomic E-state index is 13.4. The van der Waals surface area contributed by atoms with E-state index in [1.165, 1.54) is 34.1 Å². The number of ether oxygens (including phenoxy) is 1. The molecule has 10 nitrogen and oxygen atoms in total. The molecule has 1 N–H and O–H groups in total. The van der Waals surface area contributed by atoms with E-state index >= 15 is 0 Å². The standard InChI is InChI=1S/C26H24ClFN6O4S/c1-15-5-4-6-16(2)24(15)22-10-23(31-26(30-22)32-39(36,37)19-11-29-33(3)14-19)38-18-12-34(13-18)25(35)20-8-7-17(28)9-21(20)27/h4-11,14,18H,12-13H2,1-3H3,(H,30,31,32). The second kappa shape index (κ2) is 10.3. The lowest BCUT2D eigenvalue weighted by Gasteiger charge is -2.38. The first-order valence-corrected chi connectivity index (χ1v) is 13.7. The molecule has 1 aliphatic heterocycles. The zero-order valence-electron chi connectivity index (χ0n) is 21.2. The molecule has 1 amide bonds. The molecule has 0 radical (unpaired) electrons. The Morgan fingerprint density at radius 2 is 1.85 bits per heavy atom.